The number of ether oxygens (including phenoxy) is 1. The summed E-state index contributed by atoms with van der Waals surface area (Å²) in [6.07, 6.45) is 1.19. The second kappa shape index (κ2) is 9.41. The highest BCUT2D eigenvalue weighted by Crippen LogP contribution is 2.20. The van der Waals surface area contributed by atoms with E-state index in [9.17, 15) is 14.4 Å². The van der Waals surface area contributed by atoms with Crippen LogP contribution in [0, 0.1) is 0 Å². The highest BCUT2D eigenvalue weighted by atomic mass is 16.5. The minimum Gasteiger partial charge on any atom is -0.481 e. The largest absolute Gasteiger partial charge is 0.481 e. The number of carboxylic acid groups (broad SMARTS) is 1. The summed E-state index contributed by atoms with van der Waals surface area (Å²) in [5, 5.41) is 8.85. The van der Waals surface area contributed by atoms with Gasteiger partial charge in [-0.25, -0.2) is 9.97 Å². The van der Waals surface area contributed by atoms with E-state index >= 15 is 0 Å². The topological polar surface area (TPSA) is 115 Å². The van der Waals surface area contributed by atoms with Gasteiger partial charge in [0.05, 0.1) is 12.6 Å². The van der Waals surface area contributed by atoms with E-state index in [1.807, 2.05) is 6.92 Å². The number of carbonyl (C=O) groups is 2. The van der Waals surface area contributed by atoms with Gasteiger partial charge >= 0.3 is 5.97 Å². The average molecular weight is 390 g/mol. The lowest BCUT2D eigenvalue weighted by molar-refractivity contribution is -0.137. The Kier molecular flexibility index (Phi) is 7.22. The van der Waals surface area contributed by atoms with E-state index in [0.29, 0.717) is 42.1 Å². The van der Waals surface area contributed by atoms with Gasteiger partial charge in [-0.05, 0) is 31.4 Å². The molecule has 0 fully saturated rings. The first-order chi connectivity index (χ1) is 13.3. The molecule has 0 unspecified atom stereocenters. The number of anilines is 1. The molecule has 2 aromatic rings. The minimum absolute atomic E-state index is 0.0327. The normalized spacial score (nSPS) is 12.1. The number of fused-ring (bicyclic) bond motifs is 1. The zero-order valence-corrected chi connectivity index (χ0v) is 16.6. The van der Waals surface area contributed by atoms with Crippen molar-refractivity contribution in [3.8, 4) is 0 Å². The van der Waals surface area contributed by atoms with E-state index in [-0.39, 0.29) is 30.3 Å². The van der Waals surface area contributed by atoms with Crippen LogP contribution in [0.5, 0.6) is 0 Å². The maximum Gasteiger partial charge on any atom is 0.303 e. The molecule has 1 atom stereocenters. The average Bonchev–Trinajstić information content (AvgIpc) is 2.66. The standard InChI is InChI=1S/C19H26N4O5/c1-5-13(11-28-4)23-18-14(9-10-16(21-18)22(3)12(2)24)20-15(19(23)27)7-6-8-17(25)26/h9-10,13H,5-8,11H2,1-4H3,(H,25,26)/t13-/m1/s1. The molecule has 2 rings (SSSR count). The van der Waals surface area contributed by atoms with Gasteiger partial charge in [0, 0.05) is 27.5 Å². The molecule has 28 heavy (non-hydrogen) atoms. The summed E-state index contributed by atoms with van der Waals surface area (Å²) in [7, 11) is 3.17. The molecule has 1 N–H and O–H groups in total. The molecule has 0 bridgehead atoms. The van der Waals surface area contributed by atoms with Crippen molar-refractivity contribution in [2.45, 2.75) is 45.6 Å². The molecule has 0 aliphatic heterocycles. The number of aryl methyl sites for hydroxylation is 1. The molecular weight excluding hydrogens is 364 g/mol. The van der Waals surface area contributed by atoms with Gasteiger partial charge in [0.25, 0.3) is 5.56 Å². The van der Waals surface area contributed by atoms with Crippen molar-refractivity contribution in [3.05, 3.63) is 28.2 Å². The SMILES string of the molecule is CC[C@H](COC)n1c(=O)c(CCCC(=O)O)nc2ccc(N(C)C(C)=O)nc21. The van der Waals surface area contributed by atoms with E-state index < -0.39 is 5.97 Å². The predicted molar refractivity (Wildman–Crippen MR) is 105 cm³/mol. The van der Waals surface area contributed by atoms with Crippen LogP contribution >= 0.6 is 0 Å². The van der Waals surface area contributed by atoms with Gasteiger partial charge in [-0.15, -0.1) is 0 Å². The van der Waals surface area contributed by atoms with Crippen LogP contribution in [0.4, 0.5) is 5.82 Å². The number of aliphatic carboxylic acids is 1. The molecule has 0 aromatic carbocycles. The molecule has 2 aromatic heterocycles. The Morgan fingerprint density at radius 2 is 2.04 bits per heavy atom. The lowest BCUT2D eigenvalue weighted by Gasteiger charge is -2.21. The molecule has 0 aliphatic carbocycles. The Bertz CT molecular complexity index is 924. The Hall–Kier alpha value is -2.81. The van der Waals surface area contributed by atoms with Gasteiger partial charge in [-0.3, -0.25) is 19.0 Å². The van der Waals surface area contributed by atoms with Gasteiger partial charge < -0.3 is 14.7 Å². The van der Waals surface area contributed by atoms with Crippen LogP contribution in [-0.4, -0.2) is 52.3 Å². The Balaban J connectivity index is 2.65. The minimum atomic E-state index is -0.912. The molecule has 9 heteroatoms. The van der Waals surface area contributed by atoms with Gasteiger partial charge in [-0.1, -0.05) is 6.92 Å². The first-order valence-electron chi connectivity index (χ1n) is 9.17. The van der Waals surface area contributed by atoms with Crippen molar-refractivity contribution < 1.29 is 19.4 Å². The zero-order valence-electron chi connectivity index (χ0n) is 16.6. The van der Waals surface area contributed by atoms with E-state index in [1.54, 1.807) is 30.9 Å². The maximum absolute atomic E-state index is 13.1. The van der Waals surface area contributed by atoms with E-state index in [2.05, 4.69) is 9.97 Å². The van der Waals surface area contributed by atoms with Gasteiger partial charge in [0.2, 0.25) is 5.91 Å². The van der Waals surface area contributed by atoms with E-state index in [1.165, 1.54) is 11.8 Å². The third-order valence-electron chi connectivity index (χ3n) is 4.60. The van der Waals surface area contributed by atoms with Crippen molar-refractivity contribution in [2.24, 2.45) is 0 Å². The Labute approximate surface area is 163 Å². The summed E-state index contributed by atoms with van der Waals surface area (Å²) in [6, 6.07) is 3.13. The summed E-state index contributed by atoms with van der Waals surface area (Å²) >= 11 is 0. The van der Waals surface area contributed by atoms with E-state index in [4.69, 9.17) is 9.84 Å². The summed E-state index contributed by atoms with van der Waals surface area (Å²) in [6.45, 7) is 3.69. The van der Waals surface area contributed by atoms with Crippen molar-refractivity contribution in [1.82, 2.24) is 14.5 Å². The van der Waals surface area contributed by atoms with Crippen LogP contribution in [0.2, 0.25) is 0 Å². The monoisotopic (exact) mass is 390 g/mol. The lowest BCUT2D eigenvalue weighted by Crippen LogP contribution is -2.32. The highest BCUT2D eigenvalue weighted by Gasteiger charge is 2.20. The molecule has 9 nitrogen and oxygen atoms in total. The quantitative estimate of drug-likeness (QED) is 0.694. The van der Waals surface area contributed by atoms with Crippen LogP contribution in [0.25, 0.3) is 11.2 Å². The summed E-state index contributed by atoms with van der Waals surface area (Å²) in [4.78, 5) is 45.9. The summed E-state index contributed by atoms with van der Waals surface area (Å²) < 4.78 is 6.83. The maximum atomic E-state index is 13.1. The first-order valence-corrected chi connectivity index (χ1v) is 9.17. The van der Waals surface area contributed by atoms with Crippen LogP contribution in [-0.2, 0) is 20.7 Å². The number of rotatable bonds is 9. The molecule has 1 amide bonds. The van der Waals surface area contributed by atoms with Crippen molar-refractivity contribution in [1.29, 1.82) is 0 Å². The fourth-order valence-corrected chi connectivity index (χ4v) is 2.95. The summed E-state index contributed by atoms with van der Waals surface area (Å²) in [5.74, 6) is -0.672. The van der Waals surface area contributed by atoms with Crippen LogP contribution in [0.3, 0.4) is 0 Å². The van der Waals surface area contributed by atoms with Crippen molar-refractivity contribution in [3.63, 3.8) is 0 Å². The van der Waals surface area contributed by atoms with Gasteiger partial charge in [0.1, 0.15) is 17.0 Å². The van der Waals surface area contributed by atoms with Crippen molar-refractivity contribution >= 4 is 28.9 Å². The molecule has 2 heterocycles. The second-order valence-corrected chi connectivity index (χ2v) is 6.59. The number of aromatic nitrogens is 3. The molecule has 152 valence electrons. The molecule has 0 radical (unpaired) electrons. The predicted octanol–water partition coefficient (Wildman–Crippen LogP) is 1.78. The van der Waals surface area contributed by atoms with Crippen LogP contribution in [0.1, 0.15) is 44.8 Å². The lowest BCUT2D eigenvalue weighted by atomic mass is 10.1. The third kappa shape index (κ3) is 4.72. The van der Waals surface area contributed by atoms with Crippen LogP contribution in [0.15, 0.2) is 16.9 Å². The van der Waals surface area contributed by atoms with Gasteiger partial charge in [-0.2, -0.15) is 0 Å². The summed E-state index contributed by atoms with van der Waals surface area (Å²) in [5.41, 5.74) is 0.886. The molecule has 0 spiro atoms. The fourth-order valence-electron chi connectivity index (χ4n) is 2.95. The molecule has 0 saturated carbocycles. The number of pyridine rings is 1. The third-order valence-corrected chi connectivity index (χ3v) is 4.60. The van der Waals surface area contributed by atoms with Crippen LogP contribution < -0.4 is 10.5 Å². The first kappa shape index (κ1) is 21.5. The zero-order chi connectivity index (χ0) is 20.8. The number of hydrogen-bond donors (Lipinski definition) is 1. The number of nitrogens with zero attached hydrogens (tertiary/aromatic N) is 4. The number of carbonyl (C=O) groups excluding carboxylic acids is 1. The van der Waals surface area contributed by atoms with Gasteiger partial charge in [0.15, 0.2) is 5.65 Å². The number of amides is 1. The Morgan fingerprint density at radius 3 is 2.61 bits per heavy atom. The number of carboxylic acids is 1. The Morgan fingerprint density at radius 1 is 1.32 bits per heavy atom. The smallest absolute Gasteiger partial charge is 0.303 e. The second-order valence-electron chi connectivity index (χ2n) is 6.59. The molecular formula is C19H26N4O5. The van der Waals surface area contributed by atoms with Crippen molar-refractivity contribution in [2.75, 3.05) is 25.7 Å². The number of hydrogen-bond acceptors (Lipinski definition) is 6. The van der Waals surface area contributed by atoms with E-state index in [0.717, 1.165) is 0 Å². The fraction of sp³-hybridized carbons (Fsp3) is 0.526. The molecule has 0 aliphatic rings. The molecule has 0 saturated heterocycles. The highest BCUT2D eigenvalue weighted by molar-refractivity contribution is 5.90. The number of methoxy groups -OCH3 is 1.